The quantitative estimate of drug-likeness (QED) is 0.647. The number of rotatable bonds is 1. The molecule has 2 aromatic heterocycles. The van der Waals surface area contributed by atoms with Crippen LogP contribution in [0.2, 0.25) is 0 Å². The fourth-order valence-electron chi connectivity index (χ4n) is 0.837. The summed E-state index contributed by atoms with van der Waals surface area (Å²) in [6, 6.07) is 0. The van der Waals surface area contributed by atoms with Crippen LogP contribution >= 0.6 is 9.03 Å². The molecule has 2 aromatic rings. The molecule has 0 saturated carbocycles. The molecule has 54 valence electrons. The number of nitrogens with one attached hydrogen (secondary N) is 1. The largest absolute Gasteiger partial charge is 0.340 e. The number of aromatic nitrogens is 4. The summed E-state index contributed by atoms with van der Waals surface area (Å²) in [5.41, 5.74) is 1.36. The van der Waals surface area contributed by atoms with E-state index in [1.165, 1.54) is 6.33 Å². The van der Waals surface area contributed by atoms with Gasteiger partial charge in [-0.3, -0.25) is 0 Å². The third-order valence-electron chi connectivity index (χ3n) is 1.31. The van der Waals surface area contributed by atoms with Gasteiger partial charge < -0.3 is 4.98 Å². The Labute approximate surface area is 64.2 Å². The van der Waals surface area contributed by atoms with Gasteiger partial charge in [0, 0.05) is 0 Å². The number of hydrogen-bond donors (Lipinski definition) is 1. The molecule has 0 bridgehead atoms. The second-order valence-corrected chi connectivity index (χ2v) is 2.13. The summed E-state index contributed by atoms with van der Waals surface area (Å²) >= 11 is 0. The van der Waals surface area contributed by atoms with Crippen molar-refractivity contribution in [1.82, 2.24) is 19.9 Å². The highest BCUT2D eigenvalue weighted by Gasteiger charge is 2.01. The first kappa shape index (κ1) is 6.37. The van der Waals surface area contributed by atoms with Crippen LogP contribution in [0.3, 0.4) is 0 Å². The number of H-pyrrole nitrogens is 1. The minimum atomic E-state index is 0.559. The molecule has 0 spiro atoms. The Kier molecular flexibility index (Phi) is 1.36. The molecule has 11 heavy (non-hydrogen) atoms. The molecule has 0 amide bonds. The molecule has 0 atom stereocenters. The van der Waals surface area contributed by atoms with Crippen molar-refractivity contribution in [2.24, 2.45) is 4.74 Å². The van der Waals surface area contributed by atoms with Gasteiger partial charge in [-0.1, -0.05) is 0 Å². The van der Waals surface area contributed by atoms with E-state index in [1.54, 1.807) is 6.33 Å². The number of aromatic amines is 1. The lowest BCUT2D eigenvalue weighted by Gasteiger charge is -1.89. The van der Waals surface area contributed by atoms with Crippen molar-refractivity contribution in [2.45, 2.75) is 0 Å². The van der Waals surface area contributed by atoms with Crippen molar-refractivity contribution in [3.63, 3.8) is 0 Å². The van der Waals surface area contributed by atoms with Crippen molar-refractivity contribution in [3.05, 3.63) is 12.7 Å². The Morgan fingerprint density at radius 3 is 3.09 bits per heavy atom. The average molecular weight is 165 g/mol. The van der Waals surface area contributed by atoms with Crippen molar-refractivity contribution < 1.29 is 0 Å². The van der Waals surface area contributed by atoms with E-state index in [0.717, 1.165) is 5.52 Å². The van der Waals surface area contributed by atoms with Gasteiger partial charge in [-0.05, 0) is 9.03 Å². The summed E-state index contributed by atoms with van der Waals surface area (Å²) in [7, 11) is 3.00. The smallest absolute Gasteiger partial charge is 0.184 e. The average Bonchev–Trinajstić information content (AvgIpc) is 2.50. The van der Waals surface area contributed by atoms with E-state index in [0.29, 0.717) is 11.5 Å². The van der Waals surface area contributed by atoms with Gasteiger partial charge >= 0.3 is 0 Å². The van der Waals surface area contributed by atoms with Crippen LogP contribution in [0.1, 0.15) is 0 Å². The first-order valence-electron chi connectivity index (χ1n) is 2.93. The van der Waals surface area contributed by atoms with Crippen LogP contribution in [0.15, 0.2) is 17.4 Å². The van der Waals surface area contributed by atoms with E-state index in [-0.39, 0.29) is 0 Å². The molecule has 0 aliphatic heterocycles. The molecule has 0 unspecified atom stereocenters. The molecule has 0 aliphatic carbocycles. The van der Waals surface area contributed by atoms with Gasteiger partial charge in [0.05, 0.1) is 6.33 Å². The van der Waals surface area contributed by atoms with E-state index in [9.17, 15) is 0 Å². The highest BCUT2D eigenvalue weighted by molar-refractivity contribution is 7.04. The van der Waals surface area contributed by atoms with E-state index in [2.05, 4.69) is 33.7 Å². The predicted molar refractivity (Wildman–Crippen MR) is 42.1 cm³/mol. The molecule has 0 aromatic carbocycles. The summed E-state index contributed by atoms with van der Waals surface area (Å²) in [5, 5.41) is 0. The van der Waals surface area contributed by atoms with Crippen LogP contribution in [0.4, 0.5) is 5.82 Å². The summed E-state index contributed by atoms with van der Waals surface area (Å²) in [4.78, 5) is 14.6. The second-order valence-electron chi connectivity index (χ2n) is 1.91. The lowest BCUT2D eigenvalue weighted by molar-refractivity contribution is 1.19. The monoisotopic (exact) mass is 165 g/mol. The second kappa shape index (κ2) is 2.36. The first-order chi connectivity index (χ1) is 5.42. The van der Waals surface area contributed by atoms with Crippen LogP contribution < -0.4 is 0 Å². The van der Waals surface area contributed by atoms with Gasteiger partial charge in [-0.15, -0.1) is 0 Å². The zero-order valence-electron chi connectivity index (χ0n) is 5.44. The van der Waals surface area contributed by atoms with Gasteiger partial charge in [0.15, 0.2) is 11.5 Å². The molecule has 2 rings (SSSR count). The highest BCUT2D eigenvalue weighted by atomic mass is 31.0. The Hall–Kier alpha value is -1.35. The molecule has 6 heteroatoms. The summed E-state index contributed by atoms with van der Waals surface area (Å²) in [5.74, 6) is 0.559. The maximum absolute atomic E-state index is 3.94. The lowest BCUT2D eigenvalue weighted by atomic mass is 10.5. The Morgan fingerprint density at radius 1 is 1.36 bits per heavy atom. The number of nitrogens with zero attached hydrogens (tertiary/aromatic N) is 4. The number of imidazole rings is 1. The SMILES string of the molecule is P=Nc1ncnc2nc[nH]c12. The predicted octanol–water partition coefficient (Wildman–Crippen LogP) is 1.31. The van der Waals surface area contributed by atoms with Gasteiger partial charge in [0.25, 0.3) is 0 Å². The molecule has 1 N–H and O–H groups in total. The lowest BCUT2D eigenvalue weighted by Crippen LogP contribution is -1.79. The van der Waals surface area contributed by atoms with Crippen LogP contribution in [-0.2, 0) is 0 Å². The third-order valence-corrected chi connectivity index (χ3v) is 1.52. The van der Waals surface area contributed by atoms with E-state index >= 15 is 0 Å². The van der Waals surface area contributed by atoms with Crippen molar-refractivity contribution >= 4 is 26.0 Å². The minimum absolute atomic E-state index is 0.559. The Bertz CT molecular complexity index is 394. The van der Waals surface area contributed by atoms with E-state index in [1.807, 2.05) is 0 Å². The zero-order chi connectivity index (χ0) is 7.68. The number of fused-ring (bicyclic) bond motifs is 1. The van der Waals surface area contributed by atoms with E-state index < -0.39 is 0 Å². The molecular weight excluding hydrogens is 161 g/mol. The molecular formula is C5H4N5P. The summed E-state index contributed by atoms with van der Waals surface area (Å²) in [6.07, 6.45) is 2.97. The zero-order valence-corrected chi connectivity index (χ0v) is 6.44. The maximum Gasteiger partial charge on any atom is 0.184 e. The van der Waals surface area contributed by atoms with Crippen LogP contribution in [0, 0.1) is 0 Å². The molecule has 5 nitrogen and oxygen atoms in total. The van der Waals surface area contributed by atoms with E-state index in [4.69, 9.17) is 0 Å². The Balaban J connectivity index is 2.88. The molecule has 0 fully saturated rings. The third kappa shape index (κ3) is 0.897. The van der Waals surface area contributed by atoms with Crippen molar-refractivity contribution in [3.8, 4) is 0 Å². The molecule has 2 heterocycles. The fourth-order valence-corrected chi connectivity index (χ4v) is 1.01. The normalized spacial score (nSPS) is 10.2. The first-order valence-corrected chi connectivity index (χ1v) is 3.38. The molecule has 0 aliphatic rings. The van der Waals surface area contributed by atoms with Gasteiger partial charge in [0.1, 0.15) is 11.8 Å². The van der Waals surface area contributed by atoms with Gasteiger partial charge in [-0.25, -0.2) is 19.7 Å². The van der Waals surface area contributed by atoms with Crippen LogP contribution in [0.5, 0.6) is 0 Å². The number of hydrogen-bond acceptors (Lipinski definition) is 4. The minimum Gasteiger partial charge on any atom is -0.340 e. The van der Waals surface area contributed by atoms with Crippen LogP contribution in [0.25, 0.3) is 11.2 Å². The Morgan fingerprint density at radius 2 is 2.27 bits per heavy atom. The maximum atomic E-state index is 3.94. The topological polar surface area (TPSA) is 66.8 Å². The molecule has 0 radical (unpaired) electrons. The highest BCUT2D eigenvalue weighted by Crippen LogP contribution is 2.17. The standard InChI is InChI=1S/C5H4N5P/c11-10-5-3-4(7-1-6-3)8-2-9-5/h1-2,11H,(H,6,7,8,9). The van der Waals surface area contributed by atoms with Crippen molar-refractivity contribution in [2.75, 3.05) is 0 Å². The van der Waals surface area contributed by atoms with Crippen molar-refractivity contribution in [1.29, 1.82) is 0 Å². The van der Waals surface area contributed by atoms with Crippen LogP contribution in [-0.4, -0.2) is 19.9 Å². The summed E-state index contributed by atoms with van der Waals surface area (Å²) in [6.45, 7) is 0. The van der Waals surface area contributed by atoms with Gasteiger partial charge in [-0.2, -0.15) is 0 Å². The summed E-state index contributed by atoms with van der Waals surface area (Å²) < 4.78 is 3.75. The molecule has 0 saturated heterocycles. The van der Waals surface area contributed by atoms with Gasteiger partial charge in [0.2, 0.25) is 0 Å². The fraction of sp³-hybridized carbons (Fsp3) is 0.